The third-order valence-electron chi connectivity index (χ3n) is 8.22. The van der Waals surface area contributed by atoms with Crippen molar-refractivity contribution in [3.8, 4) is 5.75 Å². The Morgan fingerprint density at radius 3 is 2.21 bits per heavy atom. The molecule has 0 spiro atoms. The molecule has 0 bridgehead atoms. The van der Waals surface area contributed by atoms with Gasteiger partial charge in [-0.1, -0.05) is 24.3 Å². The van der Waals surface area contributed by atoms with Crippen LogP contribution in [0.3, 0.4) is 0 Å². The lowest BCUT2D eigenvalue weighted by Gasteiger charge is -2.36. The molecule has 2 aliphatic rings. The summed E-state index contributed by atoms with van der Waals surface area (Å²) in [5.74, 6) is 1.36. The summed E-state index contributed by atoms with van der Waals surface area (Å²) in [4.78, 5) is 7.30. The van der Waals surface area contributed by atoms with Crippen LogP contribution in [0.5, 0.6) is 5.75 Å². The van der Waals surface area contributed by atoms with Gasteiger partial charge >= 0.3 is 0 Å². The van der Waals surface area contributed by atoms with Crippen LogP contribution in [0.4, 0.5) is 5.69 Å². The molecule has 0 radical (unpaired) electrons. The van der Waals surface area contributed by atoms with Crippen molar-refractivity contribution in [2.75, 3.05) is 39.3 Å². The number of nitrogens with zero attached hydrogens (tertiary/aromatic N) is 2. The van der Waals surface area contributed by atoms with E-state index in [0.29, 0.717) is 5.92 Å². The zero-order chi connectivity index (χ0) is 26.6. The summed E-state index contributed by atoms with van der Waals surface area (Å²) in [7, 11) is 5.21. The van der Waals surface area contributed by atoms with Gasteiger partial charge in [0.25, 0.3) is 0 Å². The predicted octanol–water partition coefficient (Wildman–Crippen LogP) is 6.84. The SMILES string of the molecule is COc1ccc2c(c1)CCCC(c1ccc(C)nc1C)=C2c1ccc(N2CCC(C(OC)OC)CC2)cc1. The van der Waals surface area contributed by atoms with E-state index >= 15 is 0 Å². The van der Waals surface area contributed by atoms with E-state index in [2.05, 4.69) is 73.3 Å². The van der Waals surface area contributed by atoms with Gasteiger partial charge in [-0.15, -0.1) is 0 Å². The topological polar surface area (TPSA) is 43.8 Å². The Bertz CT molecular complexity index is 1290. The fourth-order valence-corrected chi connectivity index (χ4v) is 6.25. The molecule has 200 valence electrons. The molecule has 38 heavy (non-hydrogen) atoms. The van der Waals surface area contributed by atoms with Gasteiger partial charge in [0, 0.05) is 50.3 Å². The average Bonchev–Trinajstić information content (AvgIpc) is 3.13. The number of pyridine rings is 1. The molecule has 1 aliphatic heterocycles. The average molecular weight is 513 g/mol. The Balaban J connectivity index is 1.52. The summed E-state index contributed by atoms with van der Waals surface area (Å²) in [6.07, 6.45) is 5.18. The third kappa shape index (κ3) is 5.36. The summed E-state index contributed by atoms with van der Waals surface area (Å²) in [5, 5.41) is 0. The molecule has 2 aromatic carbocycles. The van der Waals surface area contributed by atoms with Gasteiger partial charge in [0.15, 0.2) is 6.29 Å². The van der Waals surface area contributed by atoms with Gasteiger partial charge in [-0.2, -0.15) is 0 Å². The summed E-state index contributed by atoms with van der Waals surface area (Å²) >= 11 is 0. The zero-order valence-electron chi connectivity index (χ0n) is 23.4. The molecule has 1 fully saturated rings. The first-order chi connectivity index (χ1) is 18.5. The lowest BCUT2D eigenvalue weighted by Crippen LogP contribution is -2.39. The van der Waals surface area contributed by atoms with Gasteiger partial charge in [-0.25, -0.2) is 0 Å². The molecule has 1 aliphatic carbocycles. The molecular formula is C33H40N2O3. The van der Waals surface area contributed by atoms with E-state index in [-0.39, 0.29) is 6.29 Å². The number of benzene rings is 2. The van der Waals surface area contributed by atoms with E-state index in [4.69, 9.17) is 19.2 Å². The van der Waals surface area contributed by atoms with Gasteiger partial charge < -0.3 is 19.1 Å². The number of piperidine rings is 1. The predicted molar refractivity (Wildman–Crippen MR) is 155 cm³/mol. The second-order valence-electron chi connectivity index (χ2n) is 10.5. The number of aryl methyl sites for hydroxylation is 3. The third-order valence-corrected chi connectivity index (χ3v) is 8.22. The molecule has 1 saturated heterocycles. The molecule has 5 nitrogen and oxygen atoms in total. The Morgan fingerprint density at radius 2 is 1.55 bits per heavy atom. The zero-order valence-corrected chi connectivity index (χ0v) is 23.4. The second-order valence-corrected chi connectivity index (χ2v) is 10.5. The highest BCUT2D eigenvalue weighted by Gasteiger charge is 2.27. The fraction of sp³-hybridized carbons (Fsp3) is 0.424. The van der Waals surface area contributed by atoms with E-state index in [1.165, 1.54) is 39.1 Å². The highest BCUT2D eigenvalue weighted by Crippen LogP contribution is 2.42. The van der Waals surface area contributed by atoms with Crippen LogP contribution in [0.1, 0.15) is 59.3 Å². The number of aromatic nitrogens is 1. The van der Waals surface area contributed by atoms with Crippen LogP contribution in [0.25, 0.3) is 11.1 Å². The lowest BCUT2D eigenvalue weighted by molar-refractivity contribution is -0.141. The van der Waals surface area contributed by atoms with E-state index in [0.717, 1.165) is 62.3 Å². The maximum Gasteiger partial charge on any atom is 0.159 e. The van der Waals surface area contributed by atoms with Crippen LogP contribution >= 0.6 is 0 Å². The molecule has 0 saturated carbocycles. The summed E-state index contributed by atoms with van der Waals surface area (Å²) in [6, 6.07) is 20.1. The molecule has 3 aromatic rings. The van der Waals surface area contributed by atoms with Gasteiger partial charge in [0.05, 0.1) is 7.11 Å². The van der Waals surface area contributed by atoms with E-state index in [1.807, 2.05) is 0 Å². The van der Waals surface area contributed by atoms with Crippen LogP contribution in [-0.2, 0) is 15.9 Å². The van der Waals surface area contributed by atoms with E-state index < -0.39 is 0 Å². The fourth-order valence-electron chi connectivity index (χ4n) is 6.25. The maximum absolute atomic E-state index is 5.58. The maximum atomic E-state index is 5.58. The lowest BCUT2D eigenvalue weighted by atomic mass is 9.87. The number of rotatable bonds is 7. The van der Waals surface area contributed by atoms with Crippen molar-refractivity contribution in [2.45, 2.75) is 52.2 Å². The van der Waals surface area contributed by atoms with Crippen molar-refractivity contribution in [3.63, 3.8) is 0 Å². The summed E-state index contributed by atoms with van der Waals surface area (Å²) in [5.41, 5.74) is 11.3. The molecule has 1 aromatic heterocycles. The van der Waals surface area contributed by atoms with E-state index in [1.54, 1.807) is 21.3 Å². The Morgan fingerprint density at radius 1 is 0.842 bits per heavy atom. The van der Waals surface area contributed by atoms with Crippen molar-refractivity contribution >= 4 is 16.8 Å². The van der Waals surface area contributed by atoms with Crippen LogP contribution < -0.4 is 9.64 Å². The minimum absolute atomic E-state index is 0.112. The Labute approximate surface area is 227 Å². The van der Waals surface area contributed by atoms with Crippen molar-refractivity contribution in [1.82, 2.24) is 4.98 Å². The number of ether oxygens (including phenoxy) is 3. The summed E-state index contributed by atoms with van der Waals surface area (Å²) in [6.45, 7) is 6.22. The molecule has 5 rings (SSSR count). The van der Waals surface area contributed by atoms with Gasteiger partial charge in [0.2, 0.25) is 0 Å². The molecule has 0 unspecified atom stereocenters. The van der Waals surface area contributed by atoms with E-state index in [9.17, 15) is 0 Å². The van der Waals surface area contributed by atoms with Crippen molar-refractivity contribution in [3.05, 3.63) is 88.2 Å². The number of hydrogen-bond acceptors (Lipinski definition) is 5. The van der Waals surface area contributed by atoms with Crippen molar-refractivity contribution in [1.29, 1.82) is 0 Å². The van der Waals surface area contributed by atoms with Crippen LogP contribution in [0, 0.1) is 19.8 Å². The van der Waals surface area contributed by atoms with Crippen LogP contribution in [-0.4, -0.2) is 45.7 Å². The molecule has 0 amide bonds. The molecule has 2 heterocycles. The number of hydrogen-bond donors (Lipinski definition) is 0. The highest BCUT2D eigenvalue weighted by atomic mass is 16.7. The molecule has 5 heteroatoms. The number of methoxy groups -OCH3 is 3. The van der Waals surface area contributed by atoms with Crippen molar-refractivity contribution < 1.29 is 14.2 Å². The first-order valence-electron chi connectivity index (χ1n) is 13.8. The largest absolute Gasteiger partial charge is 0.497 e. The van der Waals surface area contributed by atoms with Gasteiger partial charge in [-0.3, -0.25) is 4.98 Å². The molecule has 0 atom stereocenters. The normalized spacial score (nSPS) is 16.5. The van der Waals surface area contributed by atoms with Crippen LogP contribution in [0.2, 0.25) is 0 Å². The smallest absolute Gasteiger partial charge is 0.159 e. The molecular weight excluding hydrogens is 472 g/mol. The Hall–Kier alpha value is -3.15. The quantitative estimate of drug-likeness (QED) is 0.324. The minimum Gasteiger partial charge on any atom is -0.497 e. The number of allylic oxidation sites excluding steroid dienone is 1. The first kappa shape index (κ1) is 26.5. The first-order valence-corrected chi connectivity index (χ1v) is 13.8. The number of fused-ring (bicyclic) bond motifs is 1. The van der Waals surface area contributed by atoms with Crippen molar-refractivity contribution in [2.24, 2.45) is 5.92 Å². The van der Waals surface area contributed by atoms with Gasteiger partial charge in [0.1, 0.15) is 5.75 Å². The second kappa shape index (κ2) is 11.7. The highest BCUT2D eigenvalue weighted by molar-refractivity contribution is 6.00. The number of anilines is 1. The summed E-state index contributed by atoms with van der Waals surface area (Å²) < 4.78 is 16.6. The minimum atomic E-state index is -0.112. The van der Waals surface area contributed by atoms with Gasteiger partial charge in [-0.05, 0) is 110 Å². The standard InChI is InChI=1S/C33H40N2O3/c1-22-9-15-29(23(2)34-22)31-8-6-7-26-21-28(36-3)14-16-30(26)32(31)24-10-12-27(13-11-24)35-19-17-25(18-20-35)33(37-4)38-5/h9-16,21,25,33H,6-8,17-20H2,1-5H3. The monoisotopic (exact) mass is 512 g/mol. The molecule has 0 N–H and O–H groups in total. The van der Waals surface area contributed by atoms with Crippen LogP contribution in [0.15, 0.2) is 54.6 Å². The Kier molecular flexibility index (Phi) is 8.15.